The molecule has 2 rings (SSSR count). The van der Waals surface area contributed by atoms with Crippen LogP contribution in [0.25, 0.3) is 0 Å². The molecule has 0 bridgehead atoms. The summed E-state index contributed by atoms with van der Waals surface area (Å²) < 4.78 is 13.4. The van der Waals surface area contributed by atoms with E-state index in [2.05, 4.69) is 27.1 Å². The van der Waals surface area contributed by atoms with E-state index in [1.54, 1.807) is 0 Å². The minimum Gasteiger partial charge on any atom is -0.366 e. The lowest BCUT2D eigenvalue weighted by atomic mass is 10.3. The van der Waals surface area contributed by atoms with Gasteiger partial charge >= 0.3 is 0 Å². The predicted molar refractivity (Wildman–Crippen MR) is 71.6 cm³/mol. The summed E-state index contributed by atoms with van der Waals surface area (Å²) in [6, 6.07) is 1.27. The molecule has 0 amide bonds. The second-order valence-corrected chi connectivity index (χ2v) is 4.99. The molecule has 18 heavy (non-hydrogen) atoms. The number of nitrogens with one attached hydrogen (secondary N) is 1. The maximum atomic E-state index is 13.4. The van der Waals surface area contributed by atoms with E-state index in [-0.39, 0.29) is 5.82 Å². The van der Waals surface area contributed by atoms with E-state index in [9.17, 15) is 4.39 Å². The van der Waals surface area contributed by atoms with Crippen LogP contribution in [0, 0.1) is 5.82 Å². The van der Waals surface area contributed by atoms with Crippen LogP contribution in [0.1, 0.15) is 0 Å². The first-order chi connectivity index (χ1) is 8.65. The van der Waals surface area contributed by atoms with Gasteiger partial charge in [0.2, 0.25) is 0 Å². The fourth-order valence-corrected chi connectivity index (χ4v) is 2.09. The van der Waals surface area contributed by atoms with Crippen molar-refractivity contribution in [1.82, 2.24) is 14.8 Å². The highest BCUT2D eigenvalue weighted by atomic mass is 35.5. The van der Waals surface area contributed by atoms with Crippen molar-refractivity contribution >= 4 is 17.4 Å². The topological polar surface area (TPSA) is 31.4 Å². The van der Waals surface area contributed by atoms with Gasteiger partial charge in [0.15, 0.2) is 11.6 Å². The van der Waals surface area contributed by atoms with Crippen LogP contribution in [-0.2, 0) is 0 Å². The Bertz CT molecular complexity index is 394. The molecule has 0 unspecified atom stereocenters. The average molecular weight is 273 g/mol. The number of piperazine rings is 1. The minimum absolute atomic E-state index is 0.272. The van der Waals surface area contributed by atoms with Gasteiger partial charge < -0.3 is 10.2 Å². The summed E-state index contributed by atoms with van der Waals surface area (Å²) in [6.07, 6.45) is 1.45. The third kappa shape index (κ3) is 3.80. The number of halogens is 2. The summed E-state index contributed by atoms with van der Waals surface area (Å²) in [4.78, 5) is 8.60. The van der Waals surface area contributed by atoms with Crippen molar-refractivity contribution in [3.8, 4) is 0 Å². The SMILES string of the molecule is CN1CCN(CCNc2ncc(Cl)cc2F)CC1. The van der Waals surface area contributed by atoms with E-state index in [4.69, 9.17) is 11.6 Å². The van der Waals surface area contributed by atoms with Crippen LogP contribution in [0.15, 0.2) is 12.3 Å². The fraction of sp³-hybridized carbons (Fsp3) is 0.583. The van der Waals surface area contributed by atoms with Crippen molar-refractivity contribution in [1.29, 1.82) is 0 Å². The van der Waals surface area contributed by atoms with Gasteiger partial charge in [-0.25, -0.2) is 9.37 Å². The maximum absolute atomic E-state index is 13.4. The van der Waals surface area contributed by atoms with Crippen LogP contribution < -0.4 is 5.32 Å². The lowest BCUT2D eigenvalue weighted by molar-refractivity contribution is 0.158. The first kappa shape index (κ1) is 13.5. The maximum Gasteiger partial charge on any atom is 0.166 e. The number of aromatic nitrogens is 1. The molecule has 1 saturated heterocycles. The Balaban J connectivity index is 1.75. The molecular weight excluding hydrogens is 255 g/mol. The van der Waals surface area contributed by atoms with E-state index >= 15 is 0 Å². The zero-order valence-corrected chi connectivity index (χ0v) is 11.3. The highest BCUT2D eigenvalue weighted by Crippen LogP contribution is 2.15. The smallest absolute Gasteiger partial charge is 0.166 e. The fourth-order valence-electron chi connectivity index (χ4n) is 1.95. The number of likely N-dealkylation sites (N-methyl/N-ethyl adjacent to an activating group) is 1. The average Bonchev–Trinajstić information content (AvgIpc) is 2.34. The van der Waals surface area contributed by atoms with Gasteiger partial charge in [0.05, 0.1) is 5.02 Å². The number of anilines is 1. The molecule has 1 fully saturated rings. The zero-order chi connectivity index (χ0) is 13.0. The second kappa shape index (κ2) is 6.31. The van der Waals surface area contributed by atoms with Gasteiger partial charge in [-0.15, -0.1) is 0 Å². The van der Waals surface area contributed by atoms with Gasteiger partial charge in [-0.2, -0.15) is 0 Å². The molecular formula is C12H18ClFN4. The lowest BCUT2D eigenvalue weighted by Gasteiger charge is -2.32. The monoisotopic (exact) mass is 272 g/mol. The molecule has 0 radical (unpaired) electrons. The summed E-state index contributed by atoms with van der Waals surface area (Å²) in [5.74, 6) is -0.130. The summed E-state index contributed by atoms with van der Waals surface area (Å²) in [5.41, 5.74) is 0. The van der Waals surface area contributed by atoms with Gasteiger partial charge in [0, 0.05) is 45.5 Å². The summed E-state index contributed by atoms with van der Waals surface area (Å²) in [7, 11) is 2.13. The Labute approximate surface area is 112 Å². The van der Waals surface area contributed by atoms with Crippen LogP contribution >= 0.6 is 11.6 Å². The Kier molecular flexibility index (Phi) is 4.74. The van der Waals surface area contributed by atoms with Crippen LogP contribution in [0.2, 0.25) is 5.02 Å². The van der Waals surface area contributed by atoms with Crippen molar-refractivity contribution in [2.75, 3.05) is 51.6 Å². The molecule has 2 heterocycles. The number of hydrogen-bond acceptors (Lipinski definition) is 4. The molecule has 0 saturated carbocycles. The molecule has 1 aromatic heterocycles. The van der Waals surface area contributed by atoms with Gasteiger partial charge in [0.1, 0.15) is 0 Å². The van der Waals surface area contributed by atoms with E-state index in [1.807, 2.05) is 0 Å². The largest absolute Gasteiger partial charge is 0.366 e. The van der Waals surface area contributed by atoms with Crippen LogP contribution in [-0.4, -0.2) is 61.1 Å². The molecule has 0 aromatic carbocycles. The number of nitrogens with zero attached hydrogens (tertiary/aromatic N) is 3. The number of rotatable bonds is 4. The lowest BCUT2D eigenvalue weighted by Crippen LogP contribution is -2.45. The van der Waals surface area contributed by atoms with Crippen LogP contribution in [0.3, 0.4) is 0 Å². The summed E-state index contributed by atoms with van der Waals surface area (Å²) in [5, 5.41) is 3.32. The summed E-state index contributed by atoms with van der Waals surface area (Å²) >= 11 is 5.64. The zero-order valence-electron chi connectivity index (χ0n) is 10.5. The standard InChI is InChI=1S/C12H18ClFN4/c1-17-4-6-18(7-5-17)3-2-15-12-11(14)8-10(13)9-16-12/h8-9H,2-7H2,1H3,(H,15,16). The van der Waals surface area contributed by atoms with Crippen LogP contribution in [0.4, 0.5) is 10.2 Å². The molecule has 6 heteroatoms. The molecule has 0 aliphatic carbocycles. The first-order valence-electron chi connectivity index (χ1n) is 6.11. The van der Waals surface area contributed by atoms with E-state index < -0.39 is 5.82 Å². The molecule has 0 atom stereocenters. The van der Waals surface area contributed by atoms with Crippen molar-refractivity contribution < 1.29 is 4.39 Å². The van der Waals surface area contributed by atoms with Gasteiger partial charge in [-0.3, -0.25) is 4.90 Å². The van der Waals surface area contributed by atoms with Crippen molar-refractivity contribution in [3.05, 3.63) is 23.1 Å². The third-order valence-corrected chi connectivity index (χ3v) is 3.33. The Morgan fingerprint density at radius 2 is 2.11 bits per heavy atom. The Morgan fingerprint density at radius 3 is 2.78 bits per heavy atom. The molecule has 1 aliphatic heterocycles. The second-order valence-electron chi connectivity index (χ2n) is 4.56. The Hall–Kier alpha value is -0.910. The quantitative estimate of drug-likeness (QED) is 0.901. The highest BCUT2D eigenvalue weighted by molar-refractivity contribution is 6.30. The highest BCUT2D eigenvalue weighted by Gasteiger charge is 2.13. The normalized spacial score (nSPS) is 17.9. The van der Waals surface area contributed by atoms with Gasteiger partial charge in [-0.05, 0) is 13.1 Å². The minimum atomic E-state index is -0.402. The number of pyridine rings is 1. The van der Waals surface area contributed by atoms with Crippen LogP contribution in [0.5, 0.6) is 0 Å². The molecule has 0 spiro atoms. The van der Waals surface area contributed by atoms with Gasteiger partial charge in [0.25, 0.3) is 0 Å². The Morgan fingerprint density at radius 1 is 1.39 bits per heavy atom. The molecule has 100 valence electrons. The molecule has 1 N–H and O–H groups in total. The predicted octanol–water partition coefficient (Wildman–Crippen LogP) is 1.53. The summed E-state index contributed by atoms with van der Waals surface area (Å²) in [6.45, 7) is 5.90. The molecule has 1 aromatic rings. The van der Waals surface area contributed by atoms with Gasteiger partial charge in [-0.1, -0.05) is 11.6 Å². The molecule has 1 aliphatic rings. The van der Waals surface area contributed by atoms with E-state index in [0.717, 1.165) is 32.7 Å². The third-order valence-electron chi connectivity index (χ3n) is 3.12. The van der Waals surface area contributed by atoms with E-state index in [0.29, 0.717) is 11.6 Å². The van der Waals surface area contributed by atoms with Crippen molar-refractivity contribution in [2.24, 2.45) is 0 Å². The van der Waals surface area contributed by atoms with Crippen molar-refractivity contribution in [3.63, 3.8) is 0 Å². The van der Waals surface area contributed by atoms with Crippen molar-refractivity contribution in [2.45, 2.75) is 0 Å². The van der Waals surface area contributed by atoms with E-state index in [1.165, 1.54) is 12.3 Å². The molecule has 4 nitrogen and oxygen atoms in total. The first-order valence-corrected chi connectivity index (χ1v) is 6.49. The number of hydrogen-bond donors (Lipinski definition) is 1.